The van der Waals surface area contributed by atoms with Gasteiger partial charge in [-0.05, 0) is 20.3 Å². The van der Waals surface area contributed by atoms with E-state index in [2.05, 4.69) is 36.1 Å². The fourth-order valence-corrected chi connectivity index (χ4v) is 1.64. The summed E-state index contributed by atoms with van der Waals surface area (Å²) in [7, 11) is 0. The molecule has 1 aliphatic rings. The summed E-state index contributed by atoms with van der Waals surface area (Å²) in [5, 5.41) is 0. The highest BCUT2D eigenvalue weighted by Crippen LogP contribution is 2.11. The molecule has 5 heteroatoms. The molecule has 2 atom stereocenters. The third kappa shape index (κ3) is 3.35. The Morgan fingerprint density at radius 3 is 2.93 bits per heavy atom. The summed E-state index contributed by atoms with van der Waals surface area (Å²) in [6.07, 6.45) is 1.26. The van der Waals surface area contributed by atoms with Crippen molar-refractivity contribution in [1.29, 1.82) is 0 Å². The van der Waals surface area contributed by atoms with E-state index in [0.717, 1.165) is 32.1 Å². The van der Waals surface area contributed by atoms with Gasteiger partial charge in [0.05, 0.1) is 18.8 Å². The van der Waals surface area contributed by atoms with Crippen LogP contribution in [0.1, 0.15) is 27.2 Å². The van der Waals surface area contributed by atoms with Crippen molar-refractivity contribution in [2.75, 3.05) is 19.7 Å². The maximum absolute atomic E-state index is 5.55. The molecule has 0 spiro atoms. The average molecular weight is 214 g/mol. The molecule has 0 bridgehead atoms. The zero-order valence-corrected chi connectivity index (χ0v) is 9.86. The van der Waals surface area contributed by atoms with Crippen LogP contribution < -0.4 is 11.3 Å². The Kier molecular flexibility index (Phi) is 4.84. The molecular formula is C10H22N4O. The van der Waals surface area contributed by atoms with Gasteiger partial charge in [-0.15, -0.1) is 0 Å². The zero-order chi connectivity index (χ0) is 11.3. The molecule has 1 aliphatic heterocycles. The quantitative estimate of drug-likeness (QED) is 0.301. The Bertz CT molecular complexity index is 219. The predicted molar refractivity (Wildman–Crippen MR) is 61.5 cm³/mol. The van der Waals surface area contributed by atoms with Crippen molar-refractivity contribution < 1.29 is 4.74 Å². The lowest BCUT2D eigenvalue weighted by atomic mass is 10.2. The summed E-state index contributed by atoms with van der Waals surface area (Å²) in [5.41, 5.74) is 2.68. The van der Waals surface area contributed by atoms with E-state index in [9.17, 15) is 0 Å². The summed E-state index contributed by atoms with van der Waals surface area (Å²) in [5.74, 6) is 6.27. The molecule has 0 aromatic heterocycles. The predicted octanol–water partition coefficient (Wildman–Crippen LogP) is 0.325. The number of guanidine groups is 1. The lowest BCUT2D eigenvalue weighted by Crippen LogP contribution is -2.55. The van der Waals surface area contributed by atoms with Crippen molar-refractivity contribution in [3.05, 3.63) is 0 Å². The number of aliphatic imine (C=N–C) groups is 1. The third-order valence-corrected chi connectivity index (χ3v) is 2.49. The average Bonchev–Trinajstić information content (AvgIpc) is 2.24. The van der Waals surface area contributed by atoms with Crippen LogP contribution in [-0.4, -0.2) is 42.7 Å². The van der Waals surface area contributed by atoms with E-state index in [1.165, 1.54) is 0 Å². The molecule has 0 radical (unpaired) electrons. The van der Waals surface area contributed by atoms with Gasteiger partial charge in [0.2, 0.25) is 5.96 Å². The molecule has 0 aromatic carbocycles. The molecule has 15 heavy (non-hydrogen) atoms. The molecule has 1 rings (SSSR count). The van der Waals surface area contributed by atoms with Gasteiger partial charge in [0.1, 0.15) is 0 Å². The second-order valence-electron chi connectivity index (χ2n) is 3.99. The Morgan fingerprint density at radius 2 is 2.33 bits per heavy atom. The summed E-state index contributed by atoms with van der Waals surface area (Å²) in [6, 6.07) is 0.327. The monoisotopic (exact) mass is 214 g/mol. The van der Waals surface area contributed by atoms with Gasteiger partial charge < -0.3 is 9.64 Å². The first-order chi connectivity index (χ1) is 7.19. The van der Waals surface area contributed by atoms with Crippen LogP contribution in [0.5, 0.6) is 0 Å². The molecule has 1 saturated heterocycles. The first-order valence-electron chi connectivity index (χ1n) is 5.58. The summed E-state index contributed by atoms with van der Waals surface area (Å²) >= 11 is 0. The lowest BCUT2D eigenvalue weighted by Gasteiger charge is -2.38. The van der Waals surface area contributed by atoms with Gasteiger partial charge in [0.15, 0.2) is 0 Å². The first-order valence-corrected chi connectivity index (χ1v) is 5.58. The van der Waals surface area contributed by atoms with Gasteiger partial charge in [0.25, 0.3) is 0 Å². The summed E-state index contributed by atoms with van der Waals surface area (Å²) in [4.78, 5) is 6.59. The fourth-order valence-electron chi connectivity index (χ4n) is 1.64. The van der Waals surface area contributed by atoms with Gasteiger partial charge >= 0.3 is 0 Å². The molecule has 2 unspecified atom stereocenters. The van der Waals surface area contributed by atoms with E-state index in [-0.39, 0.29) is 6.10 Å². The summed E-state index contributed by atoms with van der Waals surface area (Å²) in [6.45, 7) is 8.65. The number of nitrogens with one attached hydrogen (secondary N) is 1. The third-order valence-electron chi connectivity index (χ3n) is 2.49. The number of hydrogen-bond donors (Lipinski definition) is 2. The maximum atomic E-state index is 5.55. The largest absolute Gasteiger partial charge is 0.375 e. The number of morpholine rings is 1. The van der Waals surface area contributed by atoms with Gasteiger partial charge in [-0.1, -0.05) is 6.92 Å². The van der Waals surface area contributed by atoms with Gasteiger partial charge in [-0.3, -0.25) is 10.4 Å². The molecule has 0 saturated carbocycles. The number of hydrogen-bond acceptors (Lipinski definition) is 3. The van der Waals surface area contributed by atoms with Crippen LogP contribution in [0, 0.1) is 0 Å². The van der Waals surface area contributed by atoms with E-state index in [4.69, 9.17) is 10.6 Å². The maximum Gasteiger partial charge on any atom is 0.208 e. The molecule has 0 aromatic rings. The van der Waals surface area contributed by atoms with Crippen LogP contribution in [0.3, 0.4) is 0 Å². The minimum Gasteiger partial charge on any atom is -0.375 e. The van der Waals surface area contributed by atoms with E-state index in [0.29, 0.717) is 6.04 Å². The van der Waals surface area contributed by atoms with Crippen LogP contribution in [0.15, 0.2) is 4.99 Å². The lowest BCUT2D eigenvalue weighted by molar-refractivity contribution is -0.0236. The number of nitrogens with zero attached hydrogens (tertiary/aromatic N) is 2. The Morgan fingerprint density at radius 1 is 1.60 bits per heavy atom. The number of hydrazine groups is 1. The molecule has 1 fully saturated rings. The van der Waals surface area contributed by atoms with Crippen LogP contribution in [-0.2, 0) is 4.74 Å². The summed E-state index contributed by atoms with van der Waals surface area (Å²) < 4.78 is 5.55. The van der Waals surface area contributed by atoms with E-state index in [1.807, 2.05) is 0 Å². The van der Waals surface area contributed by atoms with E-state index in [1.54, 1.807) is 0 Å². The van der Waals surface area contributed by atoms with Crippen molar-refractivity contribution in [3.8, 4) is 0 Å². The second-order valence-corrected chi connectivity index (χ2v) is 3.99. The second kappa shape index (κ2) is 5.92. The first kappa shape index (κ1) is 12.3. The van der Waals surface area contributed by atoms with Crippen molar-refractivity contribution in [1.82, 2.24) is 10.3 Å². The number of ether oxygens (including phenoxy) is 1. The molecular weight excluding hydrogens is 192 g/mol. The molecule has 5 nitrogen and oxygen atoms in total. The molecule has 3 N–H and O–H groups in total. The van der Waals surface area contributed by atoms with E-state index < -0.39 is 0 Å². The molecule has 0 aliphatic carbocycles. The Hall–Kier alpha value is -0.810. The highest BCUT2D eigenvalue weighted by atomic mass is 16.5. The standard InChI is InChI=1S/C10H22N4O/c1-4-5-12-10(13-11)14-6-9(3)15-7-8(14)2/h8-9H,4-7,11H2,1-3H3,(H,12,13). The molecule has 1 heterocycles. The van der Waals surface area contributed by atoms with E-state index >= 15 is 0 Å². The Balaban J connectivity index is 2.64. The smallest absolute Gasteiger partial charge is 0.208 e. The SMILES string of the molecule is CCCN=C(NN)N1CC(C)OCC1C. The highest BCUT2D eigenvalue weighted by molar-refractivity contribution is 5.79. The van der Waals surface area contributed by atoms with Crippen LogP contribution in [0.25, 0.3) is 0 Å². The number of rotatable bonds is 2. The van der Waals surface area contributed by atoms with Crippen LogP contribution in [0.2, 0.25) is 0 Å². The molecule has 0 amide bonds. The molecule has 88 valence electrons. The topological polar surface area (TPSA) is 62.9 Å². The van der Waals surface area contributed by atoms with Crippen molar-refractivity contribution >= 4 is 5.96 Å². The van der Waals surface area contributed by atoms with Gasteiger partial charge in [-0.2, -0.15) is 0 Å². The van der Waals surface area contributed by atoms with Crippen LogP contribution >= 0.6 is 0 Å². The Labute approximate surface area is 91.6 Å². The minimum absolute atomic E-state index is 0.237. The van der Waals surface area contributed by atoms with Crippen molar-refractivity contribution in [2.24, 2.45) is 10.8 Å². The van der Waals surface area contributed by atoms with Crippen molar-refractivity contribution in [3.63, 3.8) is 0 Å². The zero-order valence-electron chi connectivity index (χ0n) is 9.86. The normalized spacial score (nSPS) is 28.0. The highest BCUT2D eigenvalue weighted by Gasteiger charge is 2.25. The van der Waals surface area contributed by atoms with Crippen LogP contribution in [0.4, 0.5) is 0 Å². The van der Waals surface area contributed by atoms with Gasteiger partial charge in [0, 0.05) is 13.1 Å². The van der Waals surface area contributed by atoms with Crippen molar-refractivity contribution in [2.45, 2.75) is 39.3 Å². The van der Waals surface area contributed by atoms with Gasteiger partial charge in [-0.25, -0.2) is 5.84 Å². The fraction of sp³-hybridized carbons (Fsp3) is 0.900. The minimum atomic E-state index is 0.237. The number of nitrogens with two attached hydrogens (primary N) is 1.